The van der Waals surface area contributed by atoms with Crippen LogP contribution in [-0.2, 0) is 21.2 Å². The number of carbonyl (C=O) groups is 1. The van der Waals surface area contributed by atoms with E-state index >= 15 is 0 Å². The van der Waals surface area contributed by atoms with Crippen LogP contribution in [-0.4, -0.2) is 44.6 Å². The maximum Gasteiger partial charge on any atom is 0.224 e. The molecule has 1 saturated heterocycles. The number of aryl methyl sites for hydroxylation is 1. The molecule has 1 aliphatic heterocycles. The predicted octanol–water partition coefficient (Wildman–Crippen LogP) is 4.57. The Morgan fingerprint density at radius 1 is 1.12 bits per heavy atom. The Bertz CT molecular complexity index is 1010. The molecular weight excluding hydrogens is 448 g/mol. The molecule has 186 valence electrons. The van der Waals surface area contributed by atoms with E-state index < -0.39 is 10.0 Å². The van der Waals surface area contributed by atoms with Crippen molar-refractivity contribution in [2.45, 2.75) is 52.0 Å². The highest BCUT2D eigenvalue weighted by molar-refractivity contribution is 7.89. The fourth-order valence-corrected chi connectivity index (χ4v) is 6.10. The van der Waals surface area contributed by atoms with Crippen molar-refractivity contribution in [3.63, 3.8) is 0 Å². The maximum absolute atomic E-state index is 13.2. The predicted molar refractivity (Wildman–Crippen MR) is 136 cm³/mol. The first kappa shape index (κ1) is 26.2. The summed E-state index contributed by atoms with van der Waals surface area (Å²) >= 11 is 0. The van der Waals surface area contributed by atoms with Gasteiger partial charge in [-0.15, -0.1) is 0 Å². The Hall–Kier alpha value is -2.38. The number of benzene rings is 2. The minimum atomic E-state index is -3.39. The standard InChI is InChI=1S/C27H38N2O4S/c1-21(2)19-26(23-13-15-25(33-3)16-14-23)28-27(30)24-12-7-17-29(20-24)34(31,32)18-8-11-22-9-5-4-6-10-22/h4-6,9-10,13-16,21,24,26H,7-8,11-12,17-20H2,1-3H3,(H,28,30)/t24-,26-/m1/s1. The van der Waals surface area contributed by atoms with E-state index in [0.717, 1.165) is 29.7 Å². The summed E-state index contributed by atoms with van der Waals surface area (Å²) in [6, 6.07) is 17.6. The summed E-state index contributed by atoms with van der Waals surface area (Å²) < 4.78 is 32.7. The topological polar surface area (TPSA) is 75.7 Å². The van der Waals surface area contributed by atoms with Crippen LogP contribution in [0.4, 0.5) is 0 Å². The molecule has 0 bridgehead atoms. The average Bonchev–Trinajstić information content (AvgIpc) is 2.84. The normalized spacial score (nSPS) is 17.9. The summed E-state index contributed by atoms with van der Waals surface area (Å²) in [6.45, 7) is 5.02. The molecule has 0 spiro atoms. The SMILES string of the molecule is COc1ccc([C@@H](CC(C)C)NC(=O)[C@@H]2CCCN(S(=O)(=O)CCCc3ccccc3)C2)cc1. The summed E-state index contributed by atoms with van der Waals surface area (Å²) in [5, 5.41) is 3.21. The van der Waals surface area contributed by atoms with Gasteiger partial charge in [0.2, 0.25) is 15.9 Å². The van der Waals surface area contributed by atoms with E-state index in [2.05, 4.69) is 19.2 Å². The van der Waals surface area contributed by atoms with E-state index in [0.29, 0.717) is 31.7 Å². The van der Waals surface area contributed by atoms with Crippen molar-refractivity contribution in [1.82, 2.24) is 9.62 Å². The number of methoxy groups -OCH3 is 1. The number of ether oxygens (including phenoxy) is 1. The molecule has 3 rings (SSSR count). The van der Waals surface area contributed by atoms with E-state index in [-0.39, 0.29) is 30.2 Å². The van der Waals surface area contributed by atoms with Gasteiger partial charge in [-0.25, -0.2) is 12.7 Å². The smallest absolute Gasteiger partial charge is 0.224 e. The molecule has 0 saturated carbocycles. The van der Waals surface area contributed by atoms with Gasteiger partial charge in [0, 0.05) is 13.1 Å². The Morgan fingerprint density at radius 2 is 1.82 bits per heavy atom. The summed E-state index contributed by atoms with van der Waals surface area (Å²) in [7, 11) is -1.76. The minimum Gasteiger partial charge on any atom is -0.497 e. The number of amides is 1. The molecule has 1 N–H and O–H groups in total. The number of nitrogens with one attached hydrogen (secondary N) is 1. The summed E-state index contributed by atoms with van der Waals surface area (Å²) in [4.78, 5) is 13.2. The number of sulfonamides is 1. The van der Waals surface area contributed by atoms with E-state index in [1.165, 1.54) is 4.31 Å². The van der Waals surface area contributed by atoms with Crippen molar-refractivity contribution >= 4 is 15.9 Å². The van der Waals surface area contributed by atoms with Crippen molar-refractivity contribution < 1.29 is 17.9 Å². The van der Waals surface area contributed by atoms with Crippen molar-refractivity contribution in [2.75, 3.05) is 26.0 Å². The summed E-state index contributed by atoms with van der Waals surface area (Å²) in [5.74, 6) is 0.896. The van der Waals surface area contributed by atoms with Crippen molar-refractivity contribution in [1.29, 1.82) is 0 Å². The fourth-order valence-electron chi connectivity index (χ4n) is 4.52. The van der Waals surface area contributed by atoms with Crippen LogP contribution in [0.1, 0.15) is 56.7 Å². The largest absolute Gasteiger partial charge is 0.497 e. The average molecular weight is 487 g/mol. The first-order valence-corrected chi connectivity index (χ1v) is 13.9. The van der Waals surface area contributed by atoms with Gasteiger partial charge in [-0.1, -0.05) is 56.3 Å². The quantitative estimate of drug-likeness (QED) is 0.505. The molecule has 34 heavy (non-hydrogen) atoms. The second kappa shape index (κ2) is 12.4. The number of rotatable bonds is 11. The Morgan fingerprint density at radius 3 is 2.47 bits per heavy atom. The maximum atomic E-state index is 13.2. The van der Waals surface area contributed by atoms with Gasteiger partial charge in [-0.2, -0.15) is 0 Å². The second-order valence-electron chi connectivity index (χ2n) is 9.57. The molecule has 1 fully saturated rings. The van der Waals surface area contributed by atoms with Gasteiger partial charge in [0.25, 0.3) is 0 Å². The second-order valence-corrected chi connectivity index (χ2v) is 11.7. The monoisotopic (exact) mass is 486 g/mol. The highest BCUT2D eigenvalue weighted by Crippen LogP contribution is 2.26. The van der Waals surface area contributed by atoms with Crippen LogP contribution in [0.25, 0.3) is 0 Å². The summed E-state index contributed by atoms with van der Waals surface area (Å²) in [5.41, 5.74) is 2.17. The molecule has 0 aromatic heterocycles. The highest BCUT2D eigenvalue weighted by Gasteiger charge is 2.33. The van der Waals surface area contributed by atoms with Crippen molar-refractivity contribution in [3.8, 4) is 5.75 Å². The van der Waals surface area contributed by atoms with Crippen LogP contribution in [0.2, 0.25) is 0 Å². The molecule has 0 aliphatic carbocycles. The van der Waals surface area contributed by atoms with Gasteiger partial charge in [0.1, 0.15) is 5.75 Å². The number of hydrogen-bond donors (Lipinski definition) is 1. The van der Waals surface area contributed by atoms with Gasteiger partial charge in [-0.05, 0) is 61.3 Å². The third kappa shape index (κ3) is 7.57. The molecule has 1 heterocycles. The van der Waals surface area contributed by atoms with Crippen molar-refractivity contribution in [2.24, 2.45) is 11.8 Å². The summed E-state index contributed by atoms with van der Waals surface area (Å²) in [6.07, 6.45) is 3.53. The molecule has 2 aromatic carbocycles. The molecule has 0 radical (unpaired) electrons. The van der Waals surface area contributed by atoms with Crippen LogP contribution in [0.15, 0.2) is 54.6 Å². The molecule has 2 aromatic rings. The number of hydrogen-bond acceptors (Lipinski definition) is 4. The first-order chi connectivity index (χ1) is 16.3. The third-order valence-corrected chi connectivity index (χ3v) is 8.32. The Labute approximate surface area is 204 Å². The molecule has 1 aliphatic rings. The lowest BCUT2D eigenvalue weighted by Gasteiger charge is -2.32. The van der Waals surface area contributed by atoms with Gasteiger partial charge in [0.05, 0.1) is 24.8 Å². The van der Waals surface area contributed by atoms with Crippen LogP contribution in [0, 0.1) is 11.8 Å². The van der Waals surface area contributed by atoms with Gasteiger partial charge >= 0.3 is 0 Å². The van der Waals surface area contributed by atoms with Gasteiger partial charge in [0.15, 0.2) is 0 Å². The van der Waals surface area contributed by atoms with Gasteiger partial charge < -0.3 is 10.1 Å². The lowest BCUT2D eigenvalue weighted by Crippen LogP contribution is -2.46. The molecule has 2 atom stereocenters. The zero-order valence-electron chi connectivity index (χ0n) is 20.6. The molecule has 1 amide bonds. The van der Waals surface area contributed by atoms with E-state index in [1.807, 2.05) is 54.6 Å². The number of nitrogens with zero attached hydrogens (tertiary/aromatic N) is 1. The van der Waals surface area contributed by atoms with Gasteiger partial charge in [-0.3, -0.25) is 4.79 Å². The van der Waals surface area contributed by atoms with E-state index in [1.54, 1.807) is 7.11 Å². The Balaban J connectivity index is 1.59. The lowest BCUT2D eigenvalue weighted by molar-refractivity contribution is -0.127. The molecule has 0 unspecified atom stereocenters. The van der Waals surface area contributed by atoms with Crippen LogP contribution < -0.4 is 10.1 Å². The van der Waals surface area contributed by atoms with Crippen molar-refractivity contribution in [3.05, 3.63) is 65.7 Å². The zero-order chi connectivity index (χ0) is 24.6. The highest BCUT2D eigenvalue weighted by atomic mass is 32.2. The molecular formula is C27H38N2O4S. The molecule has 6 nitrogen and oxygen atoms in total. The van der Waals surface area contributed by atoms with Crippen LogP contribution in [0.5, 0.6) is 5.75 Å². The van der Waals surface area contributed by atoms with Crippen LogP contribution >= 0.6 is 0 Å². The van der Waals surface area contributed by atoms with E-state index in [4.69, 9.17) is 4.74 Å². The van der Waals surface area contributed by atoms with Crippen LogP contribution in [0.3, 0.4) is 0 Å². The Kier molecular flexibility index (Phi) is 9.54. The zero-order valence-corrected chi connectivity index (χ0v) is 21.4. The minimum absolute atomic E-state index is 0.0642. The lowest BCUT2D eigenvalue weighted by atomic mass is 9.94. The van der Waals surface area contributed by atoms with E-state index in [9.17, 15) is 13.2 Å². The first-order valence-electron chi connectivity index (χ1n) is 12.2. The fraction of sp³-hybridized carbons (Fsp3) is 0.519. The number of carbonyl (C=O) groups excluding carboxylic acids is 1. The number of piperidine rings is 1. The molecule has 7 heteroatoms. The third-order valence-electron chi connectivity index (χ3n) is 6.40.